The molecule has 2 N–H and O–H groups in total. The number of hydrogen-bond donors (Lipinski definition) is 1. The van der Waals surface area contributed by atoms with Crippen molar-refractivity contribution in [3.63, 3.8) is 0 Å². The Labute approximate surface area is 100 Å². The molecule has 0 bridgehead atoms. The Hall–Kier alpha value is -2.47. The van der Waals surface area contributed by atoms with Crippen LogP contribution in [0.4, 0.5) is 5.69 Å². The van der Waals surface area contributed by atoms with Crippen LogP contribution < -0.4 is 10.5 Å². The molecule has 3 heteroatoms. The topological polar surface area (TPSA) is 59.0 Å². The third-order valence-electron chi connectivity index (χ3n) is 2.34. The fourth-order valence-corrected chi connectivity index (χ4v) is 1.53. The minimum Gasteiger partial charge on any atom is -0.456 e. The van der Waals surface area contributed by atoms with Gasteiger partial charge in [-0.15, -0.1) is 0 Å². The van der Waals surface area contributed by atoms with E-state index in [2.05, 4.69) is 6.07 Å². The number of benzene rings is 2. The van der Waals surface area contributed by atoms with Crippen LogP contribution in [0.2, 0.25) is 0 Å². The van der Waals surface area contributed by atoms with Crippen molar-refractivity contribution in [2.75, 3.05) is 5.73 Å². The lowest BCUT2D eigenvalue weighted by atomic mass is 10.1. The van der Waals surface area contributed by atoms with E-state index >= 15 is 0 Å². The van der Waals surface area contributed by atoms with Crippen LogP contribution in [-0.2, 0) is 0 Å². The molecule has 0 atom stereocenters. The SMILES string of the molecule is Cc1ccc(Oc2cccc(N)c2)c(C#N)c1. The minimum atomic E-state index is 0.521. The molecule has 0 aliphatic carbocycles. The van der Waals surface area contributed by atoms with Crippen molar-refractivity contribution in [1.29, 1.82) is 5.26 Å². The zero-order valence-corrected chi connectivity index (χ0v) is 9.47. The zero-order valence-electron chi connectivity index (χ0n) is 9.47. The van der Waals surface area contributed by atoms with Crippen molar-refractivity contribution in [1.82, 2.24) is 0 Å². The number of nitrogens with zero attached hydrogens (tertiary/aromatic N) is 1. The lowest BCUT2D eigenvalue weighted by Gasteiger charge is -2.08. The average Bonchev–Trinajstić information content (AvgIpc) is 2.31. The van der Waals surface area contributed by atoms with E-state index in [1.165, 1.54) is 0 Å². The Kier molecular flexibility index (Phi) is 2.97. The summed E-state index contributed by atoms with van der Waals surface area (Å²) < 4.78 is 5.63. The number of hydrogen-bond acceptors (Lipinski definition) is 3. The van der Waals surface area contributed by atoms with E-state index in [0.29, 0.717) is 22.7 Å². The van der Waals surface area contributed by atoms with Gasteiger partial charge >= 0.3 is 0 Å². The third kappa shape index (κ3) is 2.56. The van der Waals surface area contributed by atoms with Gasteiger partial charge < -0.3 is 10.5 Å². The van der Waals surface area contributed by atoms with Gasteiger partial charge in [-0.2, -0.15) is 5.26 Å². The molecule has 84 valence electrons. The lowest BCUT2D eigenvalue weighted by molar-refractivity contribution is 0.481. The zero-order chi connectivity index (χ0) is 12.3. The molecule has 0 spiro atoms. The first-order valence-electron chi connectivity index (χ1n) is 5.23. The highest BCUT2D eigenvalue weighted by Crippen LogP contribution is 2.26. The number of nitrogen functional groups attached to an aromatic ring is 1. The molecule has 0 aromatic heterocycles. The molecule has 3 nitrogen and oxygen atoms in total. The maximum Gasteiger partial charge on any atom is 0.145 e. The molecular formula is C14H12N2O. The number of rotatable bonds is 2. The molecule has 0 aliphatic heterocycles. The first-order valence-corrected chi connectivity index (χ1v) is 5.23. The summed E-state index contributed by atoms with van der Waals surface area (Å²) in [5.74, 6) is 1.18. The van der Waals surface area contributed by atoms with Gasteiger partial charge in [-0.05, 0) is 36.8 Å². The summed E-state index contributed by atoms with van der Waals surface area (Å²) in [5.41, 5.74) is 7.84. The lowest BCUT2D eigenvalue weighted by Crippen LogP contribution is -1.90. The Bertz CT molecular complexity index is 585. The normalized spacial score (nSPS) is 9.65. The highest BCUT2D eigenvalue weighted by Gasteiger charge is 2.04. The molecule has 2 aromatic carbocycles. The van der Waals surface area contributed by atoms with Crippen LogP contribution >= 0.6 is 0 Å². The van der Waals surface area contributed by atoms with E-state index in [1.807, 2.05) is 19.1 Å². The van der Waals surface area contributed by atoms with Crippen molar-refractivity contribution in [2.45, 2.75) is 6.92 Å². The Morgan fingerprint density at radius 2 is 2.00 bits per heavy atom. The summed E-state index contributed by atoms with van der Waals surface area (Å²) in [4.78, 5) is 0. The summed E-state index contributed by atoms with van der Waals surface area (Å²) in [6.07, 6.45) is 0. The van der Waals surface area contributed by atoms with E-state index in [-0.39, 0.29) is 0 Å². The maximum atomic E-state index is 9.02. The monoisotopic (exact) mass is 224 g/mol. The van der Waals surface area contributed by atoms with Gasteiger partial charge in [-0.1, -0.05) is 12.1 Å². The predicted molar refractivity (Wildman–Crippen MR) is 66.8 cm³/mol. The van der Waals surface area contributed by atoms with Crippen molar-refractivity contribution < 1.29 is 4.74 Å². The van der Waals surface area contributed by atoms with Gasteiger partial charge in [-0.3, -0.25) is 0 Å². The molecular weight excluding hydrogens is 212 g/mol. The summed E-state index contributed by atoms with van der Waals surface area (Å²) in [6.45, 7) is 1.94. The molecule has 0 saturated carbocycles. The second kappa shape index (κ2) is 4.58. The van der Waals surface area contributed by atoms with Crippen LogP contribution in [0.3, 0.4) is 0 Å². The largest absolute Gasteiger partial charge is 0.456 e. The molecule has 0 unspecified atom stereocenters. The highest BCUT2D eigenvalue weighted by atomic mass is 16.5. The van der Waals surface area contributed by atoms with E-state index in [4.69, 9.17) is 15.7 Å². The first kappa shape index (κ1) is 11.0. The van der Waals surface area contributed by atoms with Crippen LogP contribution in [0, 0.1) is 18.3 Å². The first-order chi connectivity index (χ1) is 8.19. The quantitative estimate of drug-likeness (QED) is 0.796. The van der Waals surface area contributed by atoms with Crippen LogP contribution in [-0.4, -0.2) is 0 Å². The molecule has 2 rings (SSSR count). The summed E-state index contributed by atoms with van der Waals surface area (Å²) >= 11 is 0. The second-order valence-corrected chi connectivity index (χ2v) is 3.79. The average molecular weight is 224 g/mol. The summed E-state index contributed by atoms with van der Waals surface area (Å²) in [5, 5.41) is 9.02. The molecule has 0 saturated heterocycles. The number of ether oxygens (including phenoxy) is 1. The third-order valence-corrected chi connectivity index (χ3v) is 2.34. The van der Waals surface area contributed by atoms with E-state index in [1.54, 1.807) is 30.3 Å². The summed E-state index contributed by atoms with van der Waals surface area (Å²) in [6, 6.07) is 14.7. The fourth-order valence-electron chi connectivity index (χ4n) is 1.53. The predicted octanol–water partition coefficient (Wildman–Crippen LogP) is 3.24. The van der Waals surface area contributed by atoms with Crippen molar-refractivity contribution in [3.05, 3.63) is 53.6 Å². The minimum absolute atomic E-state index is 0.521. The number of nitriles is 1. The van der Waals surface area contributed by atoms with Gasteiger partial charge in [0, 0.05) is 11.8 Å². The second-order valence-electron chi connectivity index (χ2n) is 3.79. The fraction of sp³-hybridized carbons (Fsp3) is 0.0714. The summed E-state index contributed by atoms with van der Waals surface area (Å²) in [7, 11) is 0. The van der Waals surface area contributed by atoms with Gasteiger partial charge in [0.25, 0.3) is 0 Å². The molecule has 0 aliphatic rings. The molecule has 17 heavy (non-hydrogen) atoms. The van der Waals surface area contributed by atoms with Crippen molar-refractivity contribution in [2.24, 2.45) is 0 Å². The molecule has 0 radical (unpaired) electrons. The molecule has 2 aromatic rings. The van der Waals surface area contributed by atoms with Crippen LogP contribution in [0.1, 0.15) is 11.1 Å². The van der Waals surface area contributed by atoms with Crippen LogP contribution in [0.15, 0.2) is 42.5 Å². The van der Waals surface area contributed by atoms with Gasteiger partial charge in [0.2, 0.25) is 0 Å². The smallest absolute Gasteiger partial charge is 0.145 e. The van der Waals surface area contributed by atoms with Crippen LogP contribution in [0.25, 0.3) is 0 Å². The maximum absolute atomic E-state index is 9.02. The van der Waals surface area contributed by atoms with Gasteiger partial charge in [-0.25, -0.2) is 0 Å². The standard InChI is InChI=1S/C14H12N2O/c1-10-5-6-14(11(7-10)9-15)17-13-4-2-3-12(16)8-13/h2-8H,16H2,1H3. The van der Waals surface area contributed by atoms with Gasteiger partial charge in [0.15, 0.2) is 0 Å². The van der Waals surface area contributed by atoms with E-state index in [9.17, 15) is 0 Å². The van der Waals surface area contributed by atoms with E-state index in [0.717, 1.165) is 5.56 Å². The number of nitrogens with two attached hydrogens (primary N) is 1. The Morgan fingerprint density at radius 3 is 2.71 bits per heavy atom. The number of anilines is 1. The number of aryl methyl sites for hydroxylation is 1. The van der Waals surface area contributed by atoms with Gasteiger partial charge in [0.1, 0.15) is 17.6 Å². The van der Waals surface area contributed by atoms with E-state index < -0.39 is 0 Å². The van der Waals surface area contributed by atoms with Crippen LogP contribution in [0.5, 0.6) is 11.5 Å². The molecule has 0 fully saturated rings. The molecule has 0 amide bonds. The molecule has 0 heterocycles. The van der Waals surface area contributed by atoms with Crippen molar-refractivity contribution >= 4 is 5.69 Å². The van der Waals surface area contributed by atoms with Gasteiger partial charge in [0.05, 0.1) is 5.56 Å². The highest BCUT2D eigenvalue weighted by molar-refractivity contribution is 5.49. The Morgan fingerprint density at radius 1 is 1.18 bits per heavy atom. The van der Waals surface area contributed by atoms with Crippen molar-refractivity contribution in [3.8, 4) is 17.6 Å². The Balaban J connectivity index is 2.34.